The lowest BCUT2D eigenvalue weighted by Crippen LogP contribution is -2.45. The predicted molar refractivity (Wildman–Crippen MR) is 133 cm³/mol. The Bertz CT molecular complexity index is 1450. The molecule has 2 heterocycles. The standard InChI is InChI=1S/C27H29NO5S/c1-17(2)25-27(3,4)16-31-26(33-25)18-8-7-9-19(14-18)28-34(29,30)20-12-13-24-22(15-20)21-10-5-6-11-23(21)32-24/h5-15,17,25-26,28H,16H2,1-4H3/t25-,26+/m0/s1. The molecule has 5 rings (SSSR count). The topological polar surface area (TPSA) is 77.8 Å². The van der Waals surface area contributed by atoms with Gasteiger partial charge < -0.3 is 13.9 Å². The number of rotatable bonds is 5. The summed E-state index contributed by atoms with van der Waals surface area (Å²) in [5.41, 5.74) is 2.50. The van der Waals surface area contributed by atoms with E-state index in [0.29, 0.717) is 23.8 Å². The van der Waals surface area contributed by atoms with Crippen LogP contribution in [0.1, 0.15) is 39.5 Å². The van der Waals surface area contributed by atoms with Crippen LogP contribution >= 0.6 is 0 Å². The number of benzene rings is 3. The summed E-state index contributed by atoms with van der Waals surface area (Å²) in [5.74, 6) is 0.331. The molecule has 4 aromatic rings. The van der Waals surface area contributed by atoms with Gasteiger partial charge in [-0.2, -0.15) is 0 Å². The van der Waals surface area contributed by atoms with Crippen molar-refractivity contribution in [3.8, 4) is 0 Å². The van der Waals surface area contributed by atoms with Gasteiger partial charge in [0, 0.05) is 27.4 Å². The number of sulfonamides is 1. The number of nitrogens with one attached hydrogen (secondary N) is 1. The van der Waals surface area contributed by atoms with Crippen molar-refractivity contribution >= 4 is 37.6 Å². The summed E-state index contributed by atoms with van der Waals surface area (Å²) in [6, 6.07) is 19.7. The number of hydrogen-bond acceptors (Lipinski definition) is 5. The van der Waals surface area contributed by atoms with Crippen molar-refractivity contribution in [1.82, 2.24) is 0 Å². The highest BCUT2D eigenvalue weighted by Gasteiger charge is 2.40. The Morgan fingerprint density at radius 1 is 0.941 bits per heavy atom. The van der Waals surface area contributed by atoms with E-state index in [2.05, 4.69) is 32.4 Å². The number of hydrogen-bond donors (Lipinski definition) is 1. The van der Waals surface area contributed by atoms with E-state index < -0.39 is 16.3 Å². The van der Waals surface area contributed by atoms with Gasteiger partial charge in [-0.05, 0) is 42.3 Å². The molecular weight excluding hydrogens is 450 g/mol. The highest BCUT2D eigenvalue weighted by molar-refractivity contribution is 7.92. The van der Waals surface area contributed by atoms with E-state index in [-0.39, 0.29) is 16.4 Å². The second kappa shape index (κ2) is 8.41. The first-order chi connectivity index (χ1) is 16.1. The van der Waals surface area contributed by atoms with Crippen LogP contribution in [-0.2, 0) is 19.5 Å². The molecule has 1 aliphatic rings. The van der Waals surface area contributed by atoms with E-state index >= 15 is 0 Å². The Morgan fingerprint density at radius 3 is 2.50 bits per heavy atom. The summed E-state index contributed by atoms with van der Waals surface area (Å²) in [5, 5.41) is 1.64. The van der Waals surface area contributed by atoms with Crippen molar-refractivity contribution < 1.29 is 22.3 Å². The van der Waals surface area contributed by atoms with Gasteiger partial charge in [0.25, 0.3) is 10.0 Å². The zero-order chi connectivity index (χ0) is 24.1. The third-order valence-electron chi connectivity index (χ3n) is 6.32. The monoisotopic (exact) mass is 479 g/mol. The van der Waals surface area contributed by atoms with Crippen LogP contribution in [0.3, 0.4) is 0 Å². The summed E-state index contributed by atoms with van der Waals surface area (Å²) in [4.78, 5) is 0.170. The van der Waals surface area contributed by atoms with Crippen molar-refractivity contribution in [1.29, 1.82) is 0 Å². The molecule has 34 heavy (non-hydrogen) atoms. The Kier molecular flexibility index (Phi) is 5.67. The molecule has 178 valence electrons. The van der Waals surface area contributed by atoms with Crippen LogP contribution in [0.15, 0.2) is 76.0 Å². The van der Waals surface area contributed by atoms with Gasteiger partial charge >= 0.3 is 0 Å². The van der Waals surface area contributed by atoms with Gasteiger partial charge in [0.15, 0.2) is 6.29 Å². The van der Waals surface area contributed by atoms with Gasteiger partial charge in [0.2, 0.25) is 0 Å². The van der Waals surface area contributed by atoms with Gasteiger partial charge in [-0.25, -0.2) is 8.42 Å². The summed E-state index contributed by atoms with van der Waals surface area (Å²) >= 11 is 0. The zero-order valence-corrected chi connectivity index (χ0v) is 20.6. The molecule has 0 radical (unpaired) electrons. The lowest BCUT2D eigenvalue weighted by molar-refractivity contribution is -0.274. The fraction of sp³-hybridized carbons (Fsp3) is 0.333. The number of para-hydroxylation sites is 1. The van der Waals surface area contributed by atoms with Crippen molar-refractivity contribution in [3.05, 3.63) is 72.3 Å². The molecule has 0 amide bonds. The van der Waals surface area contributed by atoms with E-state index in [4.69, 9.17) is 13.9 Å². The smallest absolute Gasteiger partial charge is 0.261 e. The quantitative estimate of drug-likeness (QED) is 0.354. The van der Waals surface area contributed by atoms with Crippen LogP contribution in [0.2, 0.25) is 0 Å². The van der Waals surface area contributed by atoms with Crippen molar-refractivity contribution in [3.63, 3.8) is 0 Å². The van der Waals surface area contributed by atoms with Gasteiger partial charge in [0.05, 0.1) is 17.6 Å². The minimum Gasteiger partial charge on any atom is -0.456 e. The molecule has 0 spiro atoms. The van der Waals surface area contributed by atoms with Gasteiger partial charge in [-0.15, -0.1) is 0 Å². The normalized spacial score (nSPS) is 20.7. The molecule has 1 fully saturated rings. The SMILES string of the molecule is CC(C)[C@@H]1O[C@H](c2cccc(NS(=O)(=O)c3ccc4oc5ccccc5c4c3)c2)OCC1(C)C. The molecule has 0 unspecified atom stereocenters. The van der Waals surface area contributed by atoms with Crippen molar-refractivity contribution in [2.24, 2.45) is 11.3 Å². The minimum absolute atomic E-state index is 0.0307. The lowest BCUT2D eigenvalue weighted by Gasteiger charge is -2.44. The maximum Gasteiger partial charge on any atom is 0.261 e. The Morgan fingerprint density at radius 2 is 1.71 bits per heavy atom. The zero-order valence-electron chi connectivity index (χ0n) is 19.7. The first-order valence-electron chi connectivity index (χ1n) is 11.5. The third-order valence-corrected chi connectivity index (χ3v) is 7.70. The number of furan rings is 1. The van der Waals surface area contributed by atoms with Gasteiger partial charge in [0.1, 0.15) is 11.2 Å². The highest BCUT2D eigenvalue weighted by Crippen LogP contribution is 2.40. The van der Waals surface area contributed by atoms with Crippen LogP contribution in [0, 0.1) is 11.3 Å². The second-order valence-corrected chi connectivity index (χ2v) is 11.6. The number of fused-ring (bicyclic) bond motifs is 3. The van der Waals surface area contributed by atoms with E-state index in [1.54, 1.807) is 36.4 Å². The predicted octanol–water partition coefficient (Wildman–Crippen LogP) is 6.48. The average Bonchev–Trinajstić information content (AvgIpc) is 3.16. The Hall–Kier alpha value is -2.87. The van der Waals surface area contributed by atoms with Crippen LogP contribution in [-0.4, -0.2) is 21.1 Å². The van der Waals surface area contributed by atoms with E-state index in [9.17, 15) is 8.42 Å². The van der Waals surface area contributed by atoms with Crippen molar-refractivity contribution in [2.45, 2.75) is 45.0 Å². The second-order valence-electron chi connectivity index (χ2n) is 9.92. The Balaban J connectivity index is 1.41. The summed E-state index contributed by atoms with van der Waals surface area (Å²) in [6.07, 6.45) is -0.512. The first-order valence-corrected chi connectivity index (χ1v) is 12.9. The summed E-state index contributed by atoms with van der Waals surface area (Å²) < 4.78 is 47.2. The molecule has 1 aliphatic heterocycles. The van der Waals surface area contributed by atoms with Gasteiger partial charge in [-0.3, -0.25) is 4.72 Å². The molecule has 3 aromatic carbocycles. The maximum atomic E-state index is 13.2. The summed E-state index contributed by atoms with van der Waals surface area (Å²) in [6.45, 7) is 9.12. The lowest BCUT2D eigenvalue weighted by atomic mass is 9.80. The minimum atomic E-state index is -3.81. The Labute approximate surface area is 199 Å². The summed E-state index contributed by atoms with van der Waals surface area (Å²) in [7, 11) is -3.81. The fourth-order valence-electron chi connectivity index (χ4n) is 4.80. The molecule has 7 heteroatoms. The van der Waals surface area contributed by atoms with Gasteiger partial charge in [-0.1, -0.05) is 58.0 Å². The number of ether oxygens (including phenoxy) is 2. The molecule has 0 saturated carbocycles. The highest BCUT2D eigenvalue weighted by atomic mass is 32.2. The van der Waals surface area contributed by atoms with E-state index in [0.717, 1.165) is 21.9 Å². The average molecular weight is 480 g/mol. The van der Waals surface area contributed by atoms with Crippen molar-refractivity contribution in [2.75, 3.05) is 11.3 Å². The maximum absolute atomic E-state index is 13.2. The molecular formula is C27H29NO5S. The molecule has 1 saturated heterocycles. The van der Waals surface area contributed by atoms with Crippen LogP contribution in [0.25, 0.3) is 21.9 Å². The van der Waals surface area contributed by atoms with E-state index in [1.807, 2.05) is 30.3 Å². The molecule has 2 atom stereocenters. The molecule has 1 aromatic heterocycles. The third kappa shape index (κ3) is 4.19. The molecule has 0 aliphatic carbocycles. The molecule has 1 N–H and O–H groups in total. The molecule has 0 bridgehead atoms. The first kappa shape index (κ1) is 22.9. The van der Waals surface area contributed by atoms with Crippen LogP contribution < -0.4 is 4.72 Å². The number of anilines is 1. The van der Waals surface area contributed by atoms with E-state index in [1.165, 1.54) is 0 Å². The van der Waals surface area contributed by atoms with Crippen LogP contribution in [0.4, 0.5) is 5.69 Å². The van der Waals surface area contributed by atoms with Crippen LogP contribution in [0.5, 0.6) is 0 Å². The largest absolute Gasteiger partial charge is 0.456 e. The molecule has 6 nitrogen and oxygen atoms in total. The fourth-order valence-corrected chi connectivity index (χ4v) is 5.87.